The lowest BCUT2D eigenvalue weighted by atomic mass is 9.85. The molecule has 18 heavy (non-hydrogen) atoms. The van der Waals surface area contributed by atoms with Gasteiger partial charge in [-0.1, -0.05) is 25.5 Å². The molecule has 2 atom stereocenters. The highest BCUT2D eigenvalue weighted by Crippen LogP contribution is 2.27. The predicted octanol–water partition coefficient (Wildman–Crippen LogP) is 3.30. The Morgan fingerprint density at radius 1 is 1.44 bits per heavy atom. The van der Waals surface area contributed by atoms with Crippen molar-refractivity contribution in [2.45, 2.75) is 45.1 Å². The van der Waals surface area contributed by atoms with Gasteiger partial charge in [-0.2, -0.15) is 0 Å². The minimum Gasteiger partial charge on any atom is -0.481 e. The zero-order valence-electron chi connectivity index (χ0n) is 10.9. The Bertz CT molecular complexity index is 417. The Morgan fingerprint density at radius 2 is 2.28 bits per heavy atom. The lowest BCUT2D eigenvalue weighted by molar-refractivity contribution is -0.142. The van der Waals surface area contributed by atoms with Crippen LogP contribution in [0.15, 0.2) is 24.3 Å². The van der Waals surface area contributed by atoms with E-state index in [1.165, 1.54) is 5.56 Å². The number of anilines is 1. The first kappa shape index (κ1) is 12.9. The summed E-state index contributed by atoms with van der Waals surface area (Å²) in [6.07, 6.45) is 4.66. The molecule has 3 nitrogen and oxygen atoms in total. The van der Waals surface area contributed by atoms with Gasteiger partial charge in [-0.15, -0.1) is 0 Å². The van der Waals surface area contributed by atoms with E-state index in [9.17, 15) is 4.79 Å². The van der Waals surface area contributed by atoms with E-state index in [1.807, 2.05) is 0 Å². The second kappa shape index (κ2) is 5.89. The Hall–Kier alpha value is -1.51. The van der Waals surface area contributed by atoms with Crippen molar-refractivity contribution in [1.29, 1.82) is 0 Å². The molecule has 0 spiro atoms. The van der Waals surface area contributed by atoms with E-state index in [-0.39, 0.29) is 5.92 Å². The minimum atomic E-state index is -0.649. The van der Waals surface area contributed by atoms with Crippen molar-refractivity contribution in [3.63, 3.8) is 0 Å². The van der Waals surface area contributed by atoms with Crippen LogP contribution in [0.1, 0.15) is 38.2 Å². The molecule has 1 aliphatic rings. The maximum Gasteiger partial charge on any atom is 0.306 e. The van der Waals surface area contributed by atoms with Crippen molar-refractivity contribution in [2.24, 2.45) is 5.92 Å². The van der Waals surface area contributed by atoms with E-state index in [2.05, 4.69) is 36.5 Å². The number of aryl methyl sites for hydroxylation is 1. The van der Waals surface area contributed by atoms with Crippen LogP contribution in [0.25, 0.3) is 0 Å². The molecule has 2 rings (SSSR count). The zero-order chi connectivity index (χ0) is 13.0. The normalized spacial score (nSPS) is 23.6. The van der Waals surface area contributed by atoms with Crippen LogP contribution in [0.5, 0.6) is 0 Å². The third kappa shape index (κ3) is 3.25. The summed E-state index contributed by atoms with van der Waals surface area (Å²) in [6.45, 7) is 2.14. The van der Waals surface area contributed by atoms with Gasteiger partial charge in [0.05, 0.1) is 5.92 Å². The molecular weight excluding hydrogens is 226 g/mol. The number of carboxylic acids is 1. The van der Waals surface area contributed by atoms with Crippen molar-refractivity contribution >= 4 is 11.7 Å². The second-order valence-electron chi connectivity index (χ2n) is 5.10. The van der Waals surface area contributed by atoms with Gasteiger partial charge in [0.2, 0.25) is 0 Å². The lowest BCUT2D eigenvalue weighted by Crippen LogP contribution is -2.30. The molecule has 0 aliphatic heterocycles. The van der Waals surface area contributed by atoms with E-state index < -0.39 is 5.97 Å². The highest BCUT2D eigenvalue weighted by atomic mass is 16.4. The highest BCUT2D eigenvalue weighted by molar-refractivity contribution is 5.70. The topological polar surface area (TPSA) is 49.3 Å². The van der Waals surface area contributed by atoms with Crippen LogP contribution in [0.2, 0.25) is 0 Å². The maximum absolute atomic E-state index is 11.0. The predicted molar refractivity (Wildman–Crippen MR) is 72.8 cm³/mol. The summed E-state index contributed by atoms with van der Waals surface area (Å²) in [5, 5.41) is 12.6. The number of hydrogen-bond donors (Lipinski definition) is 2. The first-order valence-electron chi connectivity index (χ1n) is 6.77. The largest absolute Gasteiger partial charge is 0.481 e. The maximum atomic E-state index is 11.0. The molecule has 0 amide bonds. The number of carbonyl (C=O) groups is 1. The van der Waals surface area contributed by atoms with Crippen LogP contribution in [-0.2, 0) is 11.2 Å². The van der Waals surface area contributed by atoms with Gasteiger partial charge >= 0.3 is 5.97 Å². The number of benzene rings is 1. The summed E-state index contributed by atoms with van der Waals surface area (Å²) in [5.74, 6) is -0.825. The van der Waals surface area contributed by atoms with Crippen molar-refractivity contribution < 1.29 is 9.90 Å². The fourth-order valence-corrected chi connectivity index (χ4v) is 2.66. The molecule has 1 fully saturated rings. The smallest absolute Gasteiger partial charge is 0.306 e. The molecule has 0 radical (unpaired) electrons. The fraction of sp³-hybridized carbons (Fsp3) is 0.533. The zero-order valence-corrected chi connectivity index (χ0v) is 10.9. The van der Waals surface area contributed by atoms with Crippen molar-refractivity contribution in [3.8, 4) is 0 Å². The Balaban J connectivity index is 1.97. The van der Waals surface area contributed by atoms with Gasteiger partial charge in [-0.05, 0) is 43.4 Å². The van der Waals surface area contributed by atoms with E-state index in [1.54, 1.807) is 0 Å². The van der Waals surface area contributed by atoms with E-state index in [0.29, 0.717) is 6.04 Å². The summed E-state index contributed by atoms with van der Waals surface area (Å²) in [7, 11) is 0. The van der Waals surface area contributed by atoms with Crippen LogP contribution in [0.3, 0.4) is 0 Å². The monoisotopic (exact) mass is 247 g/mol. The molecule has 1 aromatic carbocycles. The van der Waals surface area contributed by atoms with Gasteiger partial charge in [0.1, 0.15) is 0 Å². The molecule has 0 bridgehead atoms. The fourth-order valence-electron chi connectivity index (χ4n) is 2.66. The molecule has 3 heteroatoms. The van der Waals surface area contributed by atoms with Crippen molar-refractivity contribution in [3.05, 3.63) is 29.8 Å². The van der Waals surface area contributed by atoms with E-state index in [4.69, 9.17) is 5.11 Å². The molecule has 1 aliphatic carbocycles. The molecule has 2 N–H and O–H groups in total. The molecular formula is C15H21NO2. The quantitative estimate of drug-likeness (QED) is 0.858. The Morgan fingerprint density at radius 3 is 3.00 bits per heavy atom. The first-order chi connectivity index (χ1) is 8.69. The van der Waals surface area contributed by atoms with Gasteiger partial charge in [-0.25, -0.2) is 0 Å². The van der Waals surface area contributed by atoms with Gasteiger partial charge in [0.25, 0.3) is 0 Å². The number of rotatable bonds is 4. The first-order valence-corrected chi connectivity index (χ1v) is 6.77. The molecule has 1 aromatic rings. The Labute approximate surface area is 108 Å². The molecule has 0 aromatic heterocycles. The third-order valence-electron chi connectivity index (χ3n) is 3.73. The van der Waals surface area contributed by atoms with Crippen LogP contribution in [0.4, 0.5) is 5.69 Å². The third-order valence-corrected chi connectivity index (χ3v) is 3.73. The molecule has 0 saturated heterocycles. The number of hydrogen-bond acceptors (Lipinski definition) is 2. The minimum absolute atomic E-state index is 0.175. The number of nitrogens with one attached hydrogen (secondary N) is 1. The number of carboxylic acid groups (broad SMARTS) is 1. The van der Waals surface area contributed by atoms with Gasteiger partial charge in [-0.3, -0.25) is 4.79 Å². The highest BCUT2D eigenvalue weighted by Gasteiger charge is 2.26. The van der Waals surface area contributed by atoms with E-state index >= 15 is 0 Å². The summed E-state index contributed by atoms with van der Waals surface area (Å²) in [4.78, 5) is 11.0. The number of aliphatic carboxylic acids is 1. The molecule has 98 valence electrons. The average Bonchev–Trinajstić information content (AvgIpc) is 2.39. The van der Waals surface area contributed by atoms with Crippen LogP contribution in [0, 0.1) is 5.92 Å². The average molecular weight is 247 g/mol. The standard InChI is InChI=1S/C15H21NO2/c1-2-11-5-3-7-13(9-11)16-14-8-4-6-12(10-14)15(17)18/h3,5,7,9,12,14,16H,2,4,6,8,10H2,1H3,(H,17,18). The van der Waals surface area contributed by atoms with Crippen LogP contribution >= 0.6 is 0 Å². The summed E-state index contributed by atoms with van der Waals surface area (Å²) >= 11 is 0. The van der Waals surface area contributed by atoms with Crippen LogP contribution < -0.4 is 5.32 Å². The SMILES string of the molecule is CCc1cccc(NC2CCCC(C(=O)O)C2)c1. The van der Waals surface area contributed by atoms with E-state index in [0.717, 1.165) is 37.8 Å². The van der Waals surface area contributed by atoms with Crippen molar-refractivity contribution in [2.75, 3.05) is 5.32 Å². The summed E-state index contributed by atoms with van der Waals surface area (Å²) in [6, 6.07) is 8.69. The van der Waals surface area contributed by atoms with Crippen LogP contribution in [-0.4, -0.2) is 17.1 Å². The molecule has 1 saturated carbocycles. The Kier molecular flexibility index (Phi) is 4.24. The second-order valence-corrected chi connectivity index (χ2v) is 5.10. The molecule has 2 unspecified atom stereocenters. The molecule has 0 heterocycles. The van der Waals surface area contributed by atoms with Gasteiger partial charge in [0, 0.05) is 11.7 Å². The van der Waals surface area contributed by atoms with Gasteiger partial charge in [0.15, 0.2) is 0 Å². The summed E-state index contributed by atoms with van der Waals surface area (Å²) < 4.78 is 0. The summed E-state index contributed by atoms with van der Waals surface area (Å²) in [5.41, 5.74) is 2.43. The lowest BCUT2D eigenvalue weighted by Gasteiger charge is -2.28. The van der Waals surface area contributed by atoms with Gasteiger partial charge < -0.3 is 10.4 Å². The van der Waals surface area contributed by atoms with Crippen molar-refractivity contribution in [1.82, 2.24) is 0 Å².